The Morgan fingerprint density at radius 1 is 1.50 bits per heavy atom. The summed E-state index contributed by atoms with van der Waals surface area (Å²) in [6.45, 7) is 3.13. The summed E-state index contributed by atoms with van der Waals surface area (Å²) in [6, 6.07) is 3.54. The Morgan fingerprint density at radius 2 is 2.28 bits per heavy atom. The van der Waals surface area contributed by atoms with Crippen molar-refractivity contribution in [2.75, 3.05) is 32.1 Å². The van der Waals surface area contributed by atoms with Gasteiger partial charge in [0.15, 0.2) is 0 Å². The monoisotopic (exact) mass is 249 g/mol. The number of carbonyl (C=O) groups excluding carboxylic acids is 1. The Labute approximate surface area is 107 Å². The van der Waals surface area contributed by atoms with E-state index >= 15 is 0 Å². The molecule has 1 aromatic rings. The maximum Gasteiger partial charge on any atom is 0.339 e. The molecule has 1 fully saturated rings. The fraction of sp³-hybridized carbons (Fsp3) is 0.538. The van der Waals surface area contributed by atoms with Crippen LogP contribution < -0.4 is 10.6 Å². The first-order valence-electron chi connectivity index (χ1n) is 6.28. The van der Waals surface area contributed by atoms with Gasteiger partial charge in [-0.25, -0.2) is 9.78 Å². The van der Waals surface area contributed by atoms with Crippen LogP contribution in [0.5, 0.6) is 0 Å². The summed E-state index contributed by atoms with van der Waals surface area (Å²) in [5.74, 6) is 1.15. The summed E-state index contributed by atoms with van der Waals surface area (Å²) in [5, 5.41) is 6.65. The average molecular weight is 249 g/mol. The van der Waals surface area contributed by atoms with E-state index in [2.05, 4.69) is 20.4 Å². The maximum atomic E-state index is 11.2. The quantitative estimate of drug-likeness (QED) is 0.787. The Bertz CT molecular complexity index is 386. The zero-order chi connectivity index (χ0) is 12.8. The van der Waals surface area contributed by atoms with Crippen LogP contribution >= 0.6 is 0 Å². The number of ether oxygens (including phenoxy) is 1. The molecule has 0 spiro atoms. The van der Waals surface area contributed by atoms with Gasteiger partial charge in [0.05, 0.1) is 12.7 Å². The fourth-order valence-electron chi connectivity index (χ4n) is 2.07. The number of esters is 1. The summed E-state index contributed by atoms with van der Waals surface area (Å²) in [7, 11) is 1.37. The van der Waals surface area contributed by atoms with E-state index in [-0.39, 0.29) is 5.97 Å². The Hall–Kier alpha value is -1.62. The average Bonchev–Trinajstić information content (AvgIpc) is 2.46. The lowest BCUT2D eigenvalue weighted by molar-refractivity contribution is 0.0600. The second-order valence-electron chi connectivity index (χ2n) is 4.50. The predicted molar refractivity (Wildman–Crippen MR) is 69.7 cm³/mol. The van der Waals surface area contributed by atoms with Crippen LogP contribution in [-0.2, 0) is 4.74 Å². The first-order valence-corrected chi connectivity index (χ1v) is 6.28. The van der Waals surface area contributed by atoms with Crippen LogP contribution in [0, 0.1) is 5.92 Å². The molecule has 1 saturated heterocycles. The lowest BCUT2D eigenvalue weighted by atomic mass is 9.98. The van der Waals surface area contributed by atoms with E-state index in [1.807, 2.05) is 6.07 Å². The van der Waals surface area contributed by atoms with Crippen molar-refractivity contribution in [3.8, 4) is 0 Å². The highest BCUT2D eigenvalue weighted by Crippen LogP contribution is 2.13. The van der Waals surface area contributed by atoms with E-state index in [0.29, 0.717) is 11.5 Å². The molecule has 0 saturated carbocycles. The van der Waals surface area contributed by atoms with Gasteiger partial charge >= 0.3 is 5.97 Å². The molecular formula is C13H19N3O2. The number of aromatic nitrogens is 1. The lowest BCUT2D eigenvalue weighted by Crippen LogP contribution is -2.31. The number of carbonyl (C=O) groups is 1. The third-order valence-corrected chi connectivity index (χ3v) is 3.22. The molecule has 0 unspecified atom stereocenters. The number of piperidine rings is 1. The first kappa shape index (κ1) is 12.8. The highest BCUT2D eigenvalue weighted by molar-refractivity contribution is 5.89. The van der Waals surface area contributed by atoms with Crippen LogP contribution in [0.2, 0.25) is 0 Å². The number of rotatable bonds is 4. The number of anilines is 1. The standard InChI is InChI=1S/C13H19N3O2/c1-18-13(17)11-2-3-12(16-9-11)15-8-10-4-6-14-7-5-10/h2-3,9-10,14H,4-8H2,1H3,(H,15,16). The van der Waals surface area contributed by atoms with Crippen molar-refractivity contribution in [3.63, 3.8) is 0 Å². The molecule has 2 N–H and O–H groups in total. The molecule has 98 valence electrons. The number of hydrogen-bond donors (Lipinski definition) is 2. The summed E-state index contributed by atoms with van der Waals surface area (Å²) in [5.41, 5.74) is 0.477. The van der Waals surface area contributed by atoms with Gasteiger partial charge in [0, 0.05) is 12.7 Å². The van der Waals surface area contributed by atoms with Crippen LogP contribution in [0.3, 0.4) is 0 Å². The smallest absolute Gasteiger partial charge is 0.339 e. The molecule has 0 aliphatic carbocycles. The van der Waals surface area contributed by atoms with Gasteiger partial charge < -0.3 is 15.4 Å². The van der Waals surface area contributed by atoms with E-state index in [1.165, 1.54) is 26.1 Å². The predicted octanol–water partition coefficient (Wildman–Crippen LogP) is 1.28. The van der Waals surface area contributed by atoms with Gasteiger partial charge in [-0.3, -0.25) is 0 Å². The minimum Gasteiger partial charge on any atom is -0.465 e. The van der Waals surface area contributed by atoms with Gasteiger partial charge in [-0.05, 0) is 44.0 Å². The van der Waals surface area contributed by atoms with Crippen LogP contribution in [0.15, 0.2) is 18.3 Å². The number of hydrogen-bond acceptors (Lipinski definition) is 5. The summed E-state index contributed by atoms with van der Waals surface area (Å²) in [4.78, 5) is 15.4. The fourth-order valence-corrected chi connectivity index (χ4v) is 2.07. The first-order chi connectivity index (χ1) is 8.79. The number of pyridine rings is 1. The number of nitrogens with one attached hydrogen (secondary N) is 2. The molecule has 1 aliphatic rings. The van der Waals surface area contributed by atoms with Crippen LogP contribution in [0.1, 0.15) is 23.2 Å². The highest BCUT2D eigenvalue weighted by Gasteiger charge is 2.12. The van der Waals surface area contributed by atoms with Gasteiger partial charge in [0.25, 0.3) is 0 Å². The molecule has 18 heavy (non-hydrogen) atoms. The minimum atomic E-state index is -0.354. The molecule has 0 radical (unpaired) electrons. The molecule has 2 rings (SSSR count). The van der Waals surface area contributed by atoms with Gasteiger partial charge in [-0.1, -0.05) is 0 Å². The van der Waals surface area contributed by atoms with E-state index in [0.717, 1.165) is 25.5 Å². The van der Waals surface area contributed by atoms with Gasteiger partial charge in [0.1, 0.15) is 5.82 Å². The van der Waals surface area contributed by atoms with Gasteiger partial charge in [0.2, 0.25) is 0 Å². The molecule has 0 amide bonds. The molecule has 5 nitrogen and oxygen atoms in total. The summed E-state index contributed by atoms with van der Waals surface area (Å²) < 4.78 is 4.62. The van der Waals surface area contributed by atoms with Crippen LogP contribution in [0.4, 0.5) is 5.82 Å². The third kappa shape index (κ3) is 3.43. The molecule has 0 aromatic carbocycles. The van der Waals surface area contributed by atoms with Crippen molar-refractivity contribution in [1.82, 2.24) is 10.3 Å². The third-order valence-electron chi connectivity index (χ3n) is 3.22. The minimum absolute atomic E-state index is 0.354. The van der Waals surface area contributed by atoms with Crippen molar-refractivity contribution < 1.29 is 9.53 Å². The molecular weight excluding hydrogens is 230 g/mol. The number of methoxy groups -OCH3 is 1. The summed E-state index contributed by atoms with van der Waals surface area (Å²) >= 11 is 0. The zero-order valence-electron chi connectivity index (χ0n) is 10.6. The van der Waals surface area contributed by atoms with Gasteiger partial charge in [-0.2, -0.15) is 0 Å². The molecule has 1 aliphatic heterocycles. The summed E-state index contributed by atoms with van der Waals surface area (Å²) in [6.07, 6.45) is 3.94. The molecule has 0 atom stereocenters. The topological polar surface area (TPSA) is 63.2 Å². The molecule has 2 heterocycles. The molecule has 5 heteroatoms. The van der Waals surface area contributed by atoms with Crippen molar-refractivity contribution in [2.24, 2.45) is 5.92 Å². The normalized spacial score (nSPS) is 16.3. The van der Waals surface area contributed by atoms with Crippen molar-refractivity contribution >= 4 is 11.8 Å². The SMILES string of the molecule is COC(=O)c1ccc(NCC2CCNCC2)nc1. The van der Waals surface area contributed by atoms with Crippen molar-refractivity contribution in [3.05, 3.63) is 23.9 Å². The Morgan fingerprint density at radius 3 is 2.89 bits per heavy atom. The largest absolute Gasteiger partial charge is 0.465 e. The van der Waals surface area contributed by atoms with Crippen molar-refractivity contribution in [1.29, 1.82) is 0 Å². The van der Waals surface area contributed by atoms with Crippen molar-refractivity contribution in [2.45, 2.75) is 12.8 Å². The zero-order valence-corrected chi connectivity index (χ0v) is 10.6. The second-order valence-corrected chi connectivity index (χ2v) is 4.50. The van der Waals surface area contributed by atoms with E-state index in [4.69, 9.17) is 0 Å². The van der Waals surface area contributed by atoms with E-state index in [9.17, 15) is 4.79 Å². The van der Waals surface area contributed by atoms with Gasteiger partial charge in [-0.15, -0.1) is 0 Å². The van der Waals surface area contributed by atoms with E-state index < -0.39 is 0 Å². The van der Waals surface area contributed by atoms with Crippen LogP contribution in [-0.4, -0.2) is 37.7 Å². The number of nitrogens with zero attached hydrogens (tertiary/aromatic N) is 1. The maximum absolute atomic E-state index is 11.2. The molecule has 0 bridgehead atoms. The Balaban J connectivity index is 1.84. The Kier molecular flexibility index (Phi) is 4.52. The molecule has 1 aromatic heterocycles. The van der Waals surface area contributed by atoms with E-state index in [1.54, 1.807) is 6.07 Å². The van der Waals surface area contributed by atoms with Crippen LogP contribution in [0.25, 0.3) is 0 Å². The highest BCUT2D eigenvalue weighted by atomic mass is 16.5. The lowest BCUT2D eigenvalue weighted by Gasteiger charge is -2.22. The second kappa shape index (κ2) is 6.35.